The van der Waals surface area contributed by atoms with Crippen LogP contribution < -0.4 is 11.1 Å². The molecule has 3 rings (SSSR count). The standard InChI is InChI=1S/C18H19ClN4O2/c1-11-16(20)23-18(2,10-25-11)12-4-3-5-14(8-12)22-17(24)15-7-6-13(19)9-21-15/h3-9,11H,10H2,1-2H3,(H2,20,23)(H,22,24)/t11-,18-/m1/s1. The van der Waals surface area contributed by atoms with Crippen molar-refractivity contribution in [2.45, 2.75) is 25.5 Å². The third-order valence-electron chi connectivity index (χ3n) is 4.11. The summed E-state index contributed by atoms with van der Waals surface area (Å²) in [5.41, 5.74) is 7.19. The Balaban J connectivity index is 1.82. The molecule has 1 aliphatic heterocycles. The van der Waals surface area contributed by atoms with E-state index in [-0.39, 0.29) is 17.7 Å². The zero-order valence-electron chi connectivity index (χ0n) is 14.0. The topological polar surface area (TPSA) is 89.6 Å². The summed E-state index contributed by atoms with van der Waals surface area (Å²) in [6.45, 7) is 4.24. The second-order valence-corrected chi connectivity index (χ2v) is 6.60. The fraction of sp³-hybridized carbons (Fsp3) is 0.278. The summed E-state index contributed by atoms with van der Waals surface area (Å²) >= 11 is 5.79. The number of halogens is 1. The van der Waals surface area contributed by atoms with Crippen LogP contribution in [-0.2, 0) is 10.3 Å². The first-order valence-corrected chi connectivity index (χ1v) is 8.25. The summed E-state index contributed by atoms with van der Waals surface area (Å²) in [4.78, 5) is 20.9. The number of aromatic nitrogens is 1. The molecule has 0 unspecified atom stereocenters. The Morgan fingerprint density at radius 3 is 2.88 bits per heavy atom. The van der Waals surface area contributed by atoms with Crippen molar-refractivity contribution < 1.29 is 9.53 Å². The molecule has 1 aromatic heterocycles. The number of amides is 1. The number of hydrogen-bond donors (Lipinski definition) is 2. The molecule has 2 heterocycles. The fourth-order valence-corrected chi connectivity index (χ4v) is 2.68. The molecular weight excluding hydrogens is 340 g/mol. The van der Waals surface area contributed by atoms with Crippen molar-refractivity contribution in [1.29, 1.82) is 0 Å². The number of anilines is 1. The van der Waals surface area contributed by atoms with Crippen molar-refractivity contribution in [2.75, 3.05) is 11.9 Å². The van der Waals surface area contributed by atoms with Gasteiger partial charge in [-0.1, -0.05) is 23.7 Å². The normalized spacial score (nSPS) is 23.0. The van der Waals surface area contributed by atoms with Gasteiger partial charge in [0.1, 0.15) is 23.2 Å². The summed E-state index contributed by atoms with van der Waals surface area (Å²) in [7, 11) is 0. The predicted molar refractivity (Wildman–Crippen MR) is 98.0 cm³/mol. The lowest BCUT2D eigenvalue weighted by atomic mass is 9.92. The van der Waals surface area contributed by atoms with Crippen molar-refractivity contribution in [2.24, 2.45) is 10.7 Å². The van der Waals surface area contributed by atoms with Crippen LogP contribution in [0.25, 0.3) is 0 Å². The molecule has 7 heteroatoms. The first kappa shape index (κ1) is 17.4. The zero-order valence-corrected chi connectivity index (χ0v) is 14.7. The SMILES string of the molecule is C[C@H]1OC[C@](C)(c2cccc(NC(=O)c3ccc(Cl)cn3)c2)N=C1N. The van der Waals surface area contributed by atoms with Crippen molar-refractivity contribution in [3.05, 3.63) is 58.9 Å². The molecule has 2 atom stereocenters. The Morgan fingerprint density at radius 1 is 1.40 bits per heavy atom. The van der Waals surface area contributed by atoms with Crippen molar-refractivity contribution in [3.63, 3.8) is 0 Å². The van der Waals surface area contributed by atoms with Gasteiger partial charge in [-0.2, -0.15) is 0 Å². The number of pyridine rings is 1. The van der Waals surface area contributed by atoms with Crippen LogP contribution in [0.1, 0.15) is 29.9 Å². The van der Waals surface area contributed by atoms with Gasteiger partial charge in [0.25, 0.3) is 5.91 Å². The van der Waals surface area contributed by atoms with Gasteiger partial charge in [-0.25, -0.2) is 4.98 Å². The highest BCUT2D eigenvalue weighted by Gasteiger charge is 2.32. The maximum Gasteiger partial charge on any atom is 0.274 e. The summed E-state index contributed by atoms with van der Waals surface area (Å²) in [6, 6.07) is 10.7. The maximum absolute atomic E-state index is 12.3. The van der Waals surface area contributed by atoms with Gasteiger partial charge in [-0.05, 0) is 43.7 Å². The maximum atomic E-state index is 12.3. The number of benzene rings is 1. The van der Waals surface area contributed by atoms with Crippen LogP contribution in [0.4, 0.5) is 5.69 Å². The molecule has 0 saturated carbocycles. The Hall–Kier alpha value is -2.44. The quantitative estimate of drug-likeness (QED) is 0.882. The average Bonchev–Trinajstić information content (AvgIpc) is 2.59. The highest BCUT2D eigenvalue weighted by molar-refractivity contribution is 6.30. The van der Waals surface area contributed by atoms with E-state index < -0.39 is 5.54 Å². The monoisotopic (exact) mass is 358 g/mol. The van der Waals surface area contributed by atoms with Crippen molar-refractivity contribution in [1.82, 2.24) is 4.98 Å². The van der Waals surface area contributed by atoms with Crippen LogP contribution in [0.15, 0.2) is 47.6 Å². The van der Waals surface area contributed by atoms with Gasteiger partial charge >= 0.3 is 0 Å². The molecule has 0 fully saturated rings. The molecule has 3 N–H and O–H groups in total. The van der Waals surface area contributed by atoms with E-state index in [1.807, 2.05) is 32.0 Å². The first-order valence-electron chi connectivity index (χ1n) is 7.88. The molecule has 1 amide bonds. The Kier molecular flexibility index (Phi) is 4.74. The number of nitrogens with zero attached hydrogens (tertiary/aromatic N) is 2. The number of nitrogens with two attached hydrogens (primary N) is 1. The highest BCUT2D eigenvalue weighted by Crippen LogP contribution is 2.31. The highest BCUT2D eigenvalue weighted by atomic mass is 35.5. The summed E-state index contributed by atoms with van der Waals surface area (Å²) in [5.74, 6) is 0.157. The van der Waals surface area contributed by atoms with Crippen LogP contribution in [0, 0.1) is 0 Å². The van der Waals surface area contributed by atoms with Gasteiger partial charge in [0.05, 0.1) is 11.6 Å². The molecule has 0 radical (unpaired) electrons. The number of carbonyl (C=O) groups excluding carboxylic acids is 1. The molecule has 0 bridgehead atoms. The number of nitrogens with one attached hydrogen (secondary N) is 1. The van der Waals surface area contributed by atoms with Crippen LogP contribution >= 0.6 is 11.6 Å². The van der Waals surface area contributed by atoms with Crippen LogP contribution in [0.3, 0.4) is 0 Å². The minimum Gasteiger partial charge on any atom is -0.385 e. The lowest BCUT2D eigenvalue weighted by Gasteiger charge is -2.33. The smallest absolute Gasteiger partial charge is 0.274 e. The third-order valence-corrected chi connectivity index (χ3v) is 4.33. The first-order chi connectivity index (χ1) is 11.9. The number of hydrogen-bond acceptors (Lipinski definition) is 5. The molecule has 2 aromatic rings. The lowest BCUT2D eigenvalue weighted by molar-refractivity contribution is 0.0549. The zero-order chi connectivity index (χ0) is 18.0. The van der Waals surface area contributed by atoms with E-state index in [1.54, 1.807) is 18.2 Å². The number of rotatable bonds is 3. The summed E-state index contributed by atoms with van der Waals surface area (Å²) < 4.78 is 5.70. The minimum absolute atomic E-state index is 0.188. The van der Waals surface area contributed by atoms with Crippen LogP contribution in [0.5, 0.6) is 0 Å². The van der Waals surface area contributed by atoms with Crippen molar-refractivity contribution in [3.8, 4) is 0 Å². The molecule has 0 spiro atoms. The molecule has 0 saturated heterocycles. The number of amidine groups is 1. The van der Waals surface area contributed by atoms with Crippen molar-refractivity contribution >= 4 is 29.0 Å². The largest absolute Gasteiger partial charge is 0.385 e. The Bertz CT molecular complexity index is 822. The van der Waals surface area contributed by atoms with E-state index in [2.05, 4.69) is 15.3 Å². The Labute approximate surface area is 151 Å². The minimum atomic E-state index is -0.587. The number of aliphatic imine (C=N–C) groups is 1. The Morgan fingerprint density at radius 2 is 2.20 bits per heavy atom. The number of carbonyl (C=O) groups is 1. The fourth-order valence-electron chi connectivity index (χ4n) is 2.57. The predicted octanol–water partition coefficient (Wildman–Crippen LogP) is 2.98. The van der Waals surface area contributed by atoms with Gasteiger partial charge in [-0.3, -0.25) is 9.79 Å². The van der Waals surface area contributed by atoms with E-state index in [9.17, 15) is 4.79 Å². The molecular formula is C18H19ClN4O2. The summed E-state index contributed by atoms with van der Waals surface area (Å²) in [6.07, 6.45) is 1.25. The van der Waals surface area contributed by atoms with E-state index in [0.29, 0.717) is 23.2 Å². The van der Waals surface area contributed by atoms with E-state index in [4.69, 9.17) is 22.1 Å². The van der Waals surface area contributed by atoms with Crippen LogP contribution in [-0.4, -0.2) is 29.4 Å². The molecule has 1 aliphatic rings. The van der Waals surface area contributed by atoms with Crippen LogP contribution in [0.2, 0.25) is 5.02 Å². The van der Waals surface area contributed by atoms with E-state index in [1.165, 1.54) is 6.20 Å². The number of ether oxygens (including phenoxy) is 1. The average molecular weight is 359 g/mol. The molecule has 1 aromatic carbocycles. The van der Waals surface area contributed by atoms with Gasteiger partial charge < -0.3 is 15.8 Å². The van der Waals surface area contributed by atoms with Gasteiger partial charge in [0, 0.05) is 11.9 Å². The molecule has 6 nitrogen and oxygen atoms in total. The third kappa shape index (κ3) is 3.81. The molecule has 0 aliphatic carbocycles. The summed E-state index contributed by atoms with van der Waals surface area (Å²) in [5, 5.41) is 3.31. The lowest BCUT2D eigenvalue weighted by Crippen LogP contribution is -2.42. The molecule has 25 heavy (non-hydrogen) atoms. The molecule has 130 valence electrons. The van der Waals surface area contributed by atoms with Gasteiger partial charge in [0.2, 0.25) is 0 Å². The second kappa shape index (κ2) is 6.82. The second-order valence-electron chi connectivity index (χ2n) is 6.16. The van der Waals surface area contributed by atoms with E-state index >= 15 is 0 Å². The van der Waals surface area contributed by atoms with Gasteiger partial charge in [-0.15, -0.1) is 0 Å². The van der Waals surface area contributed by atoms with Gasteiger partial charge in [0.15, 0.2) is 0 Å². The van der Waals surface area contributed by atoms with E-state index in [0.717, 1.165) is 5.56 Å².